The van der Waals surface area contributed by atoms with E-state index in [1.165, 1.54) is 25.7 Å². The molecule has 3 aromatic rings. The second-order valence-corrected chi connectivity index (χ2v) is 11.1. The number of para-hydroxylation sites is 2. The number of nitrogens with zero attached hydrogens (tertiary/aromatic N) is 2. The summed E-state index contributed by atoms with van der Waals surface area (Å²) in [6, 6.07) is 12.2. The number of fused-ring (bicyclic) bond motifs is 5. The van der Waals surface area contributed by atoms with Gasteiger partial charge in [-0.25, -0.2) is 4.98 Å². The van der Waals surface area contributed by atoms with E-state index in [0.717, 1.165) is 35.7 Å². The Morgan fingerprint density at radius 2 is 1.49 bits per heavy atom. The molecule has 1 aromatic carbocycles. The molecule has 2 saturated heterocycles. The van der Waals surface area contributed by atoms with E-state index in [2.05, 4.69) is 15.3 Å². The number of aromatic amines is 1. The molecule has 2 aliphatic carbocycles. The molecule has 2 aromatic heterocycles. The highest BCUT2D eigenvalue weighted by atomic mass is 16.1. The first kappa shape index (κ1) is 22.7. The van der Waals surface area contributed by atoms with Crippen LogP contribution in [0.5, 0.6) is 0 Å². The van der Waals surface area contributed by atoms with Gasteiger partial charge in [0.25, 0.3) is 11.1 Å². The SMILES string of the molecule is C1CC2CCCC(C1)C2.O=c1[nH]cccc1-c1nc2ccccc2n(C2CC3CCC(C2)N3)c1=O. The minimum absolute atomic E-state index is 0.135. The van der Waals surface area contributed by atoms with E-state index < -0.39 is 0 Å². The van der Waals surface area contributed by atoms with Crippen LogP contribution in [0, 0.1) is 11.8 Å². The van der Waals surface area contributed by atoms with Gasteiger partial charge in [0.1, 0.15) is 5.69 Å². The van der Waals surface area contributed by atoms with Gasteiger partial charge in [0.05, 0.1) is 16.6 Å². The van der Waals surface area contributed by atoms with Gasteiger partial charge in [-0.15, -0.1) is 0 Å². The largest absolute Gasteiger partial charge is 0.329 e. The van der Waals surface area contributed by atoms with Gasteiger partial charge in [-0.1, -0.05) is 50.7 Å². The lowest BCUT2D eigenvalue weighted by atomic mass is 9.72. The van der Waals surface area contributed by atoms with Crippen molar-refractivity contribution in [1.82, 2.24) is 19.9 Å². The van der Waals surface area contributed by atoms with Crippen LogP contribution in [-0.2, 0) is 0 Å². The topological polar surface area (TPSA) is 79.8 Å². The molecule has 2 aliphatic heterocycles. The van der Waals surface area contributed by atoms with Crippen LogP contribution < -0.4 is 16.4 Å². The summed E-state index contributed by atoms with van der Waals surface area (Å²) in [5.74, 6) is 2.30. The minimum atomic E-state index is -0.288. The van der Waals surface area contributed by atoms with Crippen LogP contribution in [0.15, 0.2) is 52.2 Å². The van der Waals surface area contributed by atoms with E-state index in [0.29, 0.717) is 17.6 Å². The highest BCUT2D eigenvalue weighted by Crippen LogP contribution is 2.39. The van der Waals surface area contributed by atoms with Crippen LogP contribution >= 0.6 is 0 Å². The number of nitrogens with one attached hydrogen (secondary N) is 2. The van der Waals surface area contributed by atoms with Gasteiger partial charge in [-0.2, -0.15) is 0 Å². The van der Waals surface area contributed by atoms with Gasteiger partial charge in [0, 0.05) is 24.3 Å². The molecule has 2 saturated carbocycles. The number of hydrogen-bond acceptors (Lipinski definition) is 4. The first-order valence-electron chi connectivity index (χ1n) is 13.6. The Hall–Kier alpha value is -2.73. The third-order valence-electron chi connectivity index (χ3n) is 8.80. The monoisotopic (exact) mass is 472 g/mol. The number of benzene rings is 1. The van der Waals surface area contributed by atoms with Crippen molar-refractivity contribution in [2.24, 2.45) is 11.8 Å². The van der Waals surface area contributed by atoms with Crippen molar-refractivity contribution in [2.45, 2.75) is 88.8 Å². The Bertz CT molecular complexity index is 1280. The molecular weight excluding hydrogens is 436 g/mol. The standard InChI is InChI=1S/C20H20N4O2.C9H16/c25-19-15(4-3-9-21-19)18-20(26)24(17-6-2-1-5-16(17)23-18)14-10-12-7-8-13(11-14)22-12;1-3-8-5-2-6-9(4-1)7-8/h1-6,9,12-14,22H,7-8,10-11H2,(H,21,25);8-9H,1-7H2. The quantitative estimate of drug-likeness (QED) is 0.538. The van der Waals surface area contributed by atoms with Crippen LogP contribution in [0.25, 0.3) is 22.3 Å². The van der Waals surface area contributed by atoms with Crippen molar-refractivity contribution in [3.63, 3.8) is 0 Å². The van der Waals surface area contributed by atoms with E-state index in [9.17, 15) is 9.59 Å². The Morgan fingerprint density at radius 3 is 2.14 bits per heavy atom. The predicted octanol–water partition coefficient (Wildman–Crippen LogP) is 5.18. The van der Waals surface area contributed by atoms with Gasteiger partial charge in [0.2, 0.25) is 0 Å². The maximum absolute atomic E-state index is 13.4. The molecule has 6 heteroatoms. The summed E-state index contributed by atoms with van der Waals surface area (Å²) in [5.41, 5.74) is 1.69. The molecule has 2 unspecified atom stereocenters. The lowest BCUT2D eigenvalue weighted by molar-refractivity contribution is 0.190. The summed E-state index contributed by atoms with van der Waals surface area (Å²) in [4.78, 5) is 32.8. The third kappa shape index (κ3) is 4.61. The van der Waals surface area contributed by atoms with Gasteiger partial charge in [-0.05, 0) is 68.2 Å². The molecule has 2 N–H and O–H groups in total. The number of aromatic nitrogens is 3. The van der Waals surface area contributed by atoms with Crippen molar-refractivity contribution in [3.05, 3.63) is 63.3 Å². The third-order valence-corrected chi connectivity index (χ3v) is 8.80. The first-order chi connectivity index (χ1) is 17.2. The number of hydrogen-bond donors (Lipinski definition) is 2. The average molecular weight is 473 g/mol. The number of H-pyrrole nitrogens is 1. The zero-order valence-electron chi connectivity index (χ0n) is 20.4. The summed E-state index contributed by atoms with van der Waals surface area (Å²) in [6.07, 6.45) is 16.7. The van der Waals surface area contributed by atoms with Crippen molar-refractivity contribution in [2.75, 3.05) is 0 Å². The molecule has 6 nitrogen and oxygen atoms in total. The fraction of sp³-hybridized carbons (Fsp3) is 0.552. The molecule has 0 spiro atoms. The summed E-state index contributed by atoms with van der Waals surface area (Å²) >= 11 is 0. The van der Waals surface area contributed by atoms with Gasteiger partial charge < -0.3 is 14.9 Å². The predicted molar refractivity (Wildman–Crippen MR) is 140 cm³/mol. The smallest absolute Gasteiger partial charge is 0.278 e. The van der Waals surface area contributed by atoms with E-state index >= 15 is 0 Å². The minimum Gasteiger partial charge on any atom is -0.329 e. The highest BCUT2D eigenvalue weighted by molar-refractivity contribution is 5.77. The normalized spacial score (nSPS) is 29.4. The Balaban J connectivity index is 0.000000212. The van der Waals surface area contributed by atoms with Crippen LogP contribution in [0.1, 0.15) is 76.7 Å². The molecule has 7 rings (SSSR count). The zero-order valence-corrected chi connectivity index (χ0v) is 20.4. The second-order valence-electron chi connectivity index (χ2n) is 11.1. The molecule has 4 bridgehead atoms. The van der Waals surface area contributed by atoms with Crippen LogP contribution in [-0.4, -0.2) is 26.6 Å². The van der Waals surface area contributed by atoms with Crippen molar-refractivity contribution in [3.8, 4) is 11.3 Å². The molecule has 0 radical (unpaired) electrons. The molecule has 35 heavy (non-hydrogen) atoms. The van der Waals surface area contributed by atoms with Crippen molar-refractivity contribution in [1.29, 1.82) is 0 Å². The van der Waals surface area contributed by atoms with Gasteiger partial charge >= 0.3 is 0 Å². The molecule has 2 atom stereocenters. The Kier molecular flexibility index (Phi) is 6.31. The maximum atomic E-state index is 13.4. The summed E-state index contributed by atoms with van der Waals surface area (Å²) in [7, 11) is 0. The second kappa shape index (κ2) is 9.73. The maximum Gasteiger partial charge on any atom is 0.278 e. The van der Waals surface area contributed by atoms with Gasteiger partial charge in [0.15, 0.2) is 0 Å². The molecule has 184 valence electrons. The fourth-order valence-corrected chi connectivity index (χ4v) is 7.16. The van der Waals surface area contributed by atoms with Crippen LogP contribution in [0.2, 0.25) is 0 Å². The van der Waals surface area contributed by atoms with Crippen LogP contribution in [0.3, 0.4) is 0 Å². The van der Waals surface area contributed by atoms with E-state index in [4.69, 9.17) is 0 Å². The van der Waals surface area contributed by atoms with Crippen molar-refractivity contribution >= 4 is 11.0 Å². The lowest BCUT2D eigenvalue weighted by Crippen LogP contribution is -2.41. The Labute approximate surface area is 206 Å². The zero-order chi connectivity index (χ0) is 23.8. The summed E-state index contributed by atoms with van der Waals surface area (Å²) in [6.45, 7) is 0. The summed E-state index contributed by atoms with van der Waals surface area (Å²) in [5, 5.41) is 3.63. The number of piperidine rings is 1. The molecule has 4 fully saturated rings. The average Bonchev–Trinajstić information content (AvgIpc) is 3.22. The van der Waals surface area contributed by atoms with Crippen LogP contribution in [0.4, 0.5) is 0 Å². The molecule has 0 amide bonds. The first-order valence-corrected chi connectivity index (χ1v) is 13.6. The van der Waals surface area contributed by atoms with Gasteiger partial charge in [-0.3, -0.25) is 9.59 Å². The number of rotatable bonds is 2. The lowest BCUT2D eigenvalue weighted by Gasteiger charge is -2.33. The van der Waals surface area contributed by atoms with E-state index in [1.54, 1.807) is 50.4 Å². The molecule has 4 aliphatic rings. The molecular formula is C29H36N4O2. The van der Waals surface area contributed by atoms with E-state index in [1.807, 2.05) is 28.8 Å². The van der Waals surface area contributed by atoms with E-state index in [-0.39, 0.29) is 22.9 Å². The highest BCUT2D eigenvalue weighted by Gasteiger charge is 2.35. The molecule has 4 heterocycles. The fourth-order valence-electron chi connectivity index (χ4n) is 7.16. The summed E-state index contributed by atoms with van der Waals surface area (Å²) < 4.78 is 1.89. The Morgan fingerprint density at radius 1 is 0.800 bits per heavy atom. The van der Waals surface area contributed by atoms with Crippen molar-refractivity contribution < 1.29 is 0 Å². The number of pyridine rings is 1.